The summed E-state index contributed by atoms with van der Waals surface area (Å²) in [5.74, 6) is -0.358. The third kappa shape index (κ3) is 6.85. The molecular weight excluding hydrogens is 466 g/mol. The Morgan fingerprint density at radius 2 is 1.91 bits per heavy atom. The Labute approximate surface area is 210 Å². The molecule has 35 heavy (non-hydrogen) atoms. The molecule has 2 atom stereocenters. The SMILES string of the molecule is C=Cc1sc2cc1-c1ccc(NC(=O)OC)cc1NC(=O)[C@H](C)CCC[C@@H]2NC(=O)OC(C)(C)C. The smallest absolute Gasteiger partial charge is 0.411 e. The lowest BCUT2D eigenvalue weighted by atomic mass is 9.96. The number of ether oxygens (including phenoxy) is 2. The summed E-state index contributed by atoms with van der Waals surface area (Å²) in [5.41, 5.74) is 2.12. The van der Waals surface area contributed by atoms with Crippen molar-refractivity contribution in [3.8, 4) is 11.1 Å². The van der Waals surface area contributed by atoms with Crippen LogP contribution in [0.15, 0.2) is 30.8 Å². The average molecular weight is 500 g/mol. The zero-order valence-electron chi connectivity index (χ0n) is 20.8. The van der Waals surface area contributed by atoms with Crippen molar-refractivity contribution in [3.05, 3.63) is 40.6 Å². The summed E-state index contributed by atoms with van der Waals surface area (Å²) in [5, 5.41) is 8.68. The van der Waals surface area contributed by atoms with Gasteiger partial charge in [-0.25, -0.2) is 9.59 Å². The van der Waals surface area contributed by atoms with Gasteiger partial charge in [0.25, 0.3) is 0 Å². The summed E-state index contributed by atoms with van der Waals surface area (Å²) in [6, 6.07) is 7.06. The number of carbonyl (C=O) groups is 3. The van der Waals surface area contributed by atoms with E-state index in [-0.39, 0.29) is 17.9 Å². The molecule has 8 nitrogen and oxygen atoms in total. The Morgan fingerprint density at radius 1 is 1.17 bits per heavy atom. The highest BCUT2D eigenvalue weighted by Gasteiger charge is 2.26. The van der Waals surface area contributed by atoms with Crippen molar-refractivity contribution in [1.29, 1.82) is 0 Å². The van der Waals surface area contributed by atoms with Crippen LogP contribution in [0, 0.1) is 5.92 Å². The van der Waals surface area contributed by atoms with Gasteiger partial charge >= 0.3 is 12.2 Å². The van der Waals surface area contributed by atoms with Gasteiger partial charge in [0.2, 0.25) is 5.91 Å². The minimum Gasteiger partial charge on any atom is -0.453 e. The molecule has 0 radical (unpaired) electrons. The lowest BCUT2D eigenvalue weighted by Gasteiger charge is -2.24. The summed E-state index contributed by atoms with van der Waals surface area (Å²) < 4.78 is 10.2. The van der Waals surface area contributed by atoms with Crippen LogP contribution in [0.2, 0.25) is 0 Å². The van der Waals surface area contributed by atoms with Gasteiger partial charge in [-0.15, -0.1) is 11.3 Å². The highest BCUT2D eigenvalue weighted by Crippen LogP contribution is 2.41. The Hall–Kier alpha value is -3.33. The number of benzene rings is 1. The van der Waals surface area contributed by atoms with Crippen molar-refractivity contribution in [3.63, 3.8) is 0 Å². The third-order valence-corrected chi connectivity index (χ3v) is 6.82. The standard InChI is InChI=1S/C26H33N3O5S/c1-7-21-18-14-22(35-21)19(29-25(32)34-26(3,4)5)10-8-9-15(2)23(30)28-20-13-16(11-12-17(18)20)27-24(31)33-6/h7,11-15,19H,1,8-10H2,2-6H3,(H,27,31)(H,28,30)(H,29,32)/t15-,19+/m1/s1. The molecule has 1 aliphatic heterocycles. The van der Waals surface area contributed by atoms with Crippen molar-refractivity contribution in [2.75, 3.05) is 17.7 Å². The molecule has 0 aliphatic carbocycles. The van der Waals surface area contributed by atoms with Gasteiger partial charge in [0.15, 0.2) is 0 Å². The molecule has 2 heterocycles. The lowest BCUT2D eigenvalue weighted by molar-refractivity contribution is -0.119. The molecule has 2 bridgehead atoms. The van der Waals surface area contributed by atoms with Crippen LogP contribution in [-0.4, -0.2) is 30.8 Å². The number of carbonyl (C=O) groups excluding carboxylic acids is 3. The van der Waals surface area contributed by atoms with Crippen LogP contribution >= 0.6 is 11.3 Å². The fourth-order valence-electron chi connectivity index (χ4n) is 3.84. The first-order valence-corrected chi connectivity index (χ1v) is 12.4. The lowest BCUT2D eigenvalue weighted by Crippen LogP contribution is -2.34. The van der Waals surface area contributed by atoms with E-state index in [1.807, 2.05) is 39.8 Å². The van der Waals surface area contributed by atoms with Gasteiger partial charge in [-0.05, 0) is 51.8 Å². The van der Waals surface area contributed by atoms with Gasteiger partial charge in [-0.3, -0.25) is 10.1 Å². The number of alkyl carbamates (subject to hydrolysis) is 1. The number of thiophene rings is 1. The van der Waals surface area contributed by atoms with Crippen LogP contribution < -0.4 is 16.0 Å². The molecule has 0 spiro atoms. The molecule has 3 rings (SSSR count). The predicted molar refractivity (Wildman–Crippen MR) is 140 cm³/mol. The van der Waals surface area contributed by atoms with Gasteiger partial charge in [-0.2, -0.15) is 0 Å². The van der Waals surface area contributed by atoms with Gasteiger partial charge in [0.05, 0.1) is 18.8 Å². The van der Waals surface area contributed by atoms with Crippen molar-refractivity contribution in [2.24, 2.45) is 5.92 Å². The van der Waals surface area contributed by atoms with Gasteiger partial charge in [-0.1, -0.05) is 32.1 Å². The number of nitrogens with one attached hydrogen (secondary N) is 3. The van der Waals surface area contributed by atoms with Crippen molar-refractivity contribution >= 4 is 46.9 Å². The molecule has 188 valence electrons. The van der Waals surface area contributed by atoms with Gasteiger partial charge in [0.1, 0.15) is 5.60 Å². The molecule has 2 aromatic rings. The second-order valence-electron chi connectivity index (χ2n) is 9.53. The van der Waals surface area contributed by atoms with Crippen LogP contribution in [0.1, 0.15) is 62.8 Å². The van der Waals surface area contributed by atoms with Crippen LogP contribution in [0.3, 0.4) is 0 Å². The van der Waals surface area contributed by atoms with Crippen molar-refractivity contribution in [2.45, 2.75) is 58.6 Å². The average Bonchev–Trinajstić information content (AvgIpc) is 3.20. The van der Waals surface area contributed by atoms with Gasteiger partial charge in [0, 0.05) is 32.5 Å². The number of fused-ring (bicyclic) bond motifs is 4. The Kier molecular flexibility index (Phi) is 8.22. The summed E-state index contributed by atoms with van der Waals surface area (Å²) >= 11 is 1.54. The van der Waals surface area contributed by atoms with E-state index in [0.717, 1.165) is 27.3 Å². The number of methoxy groups -OCH3 is 1. The van der Waals surface area contributed by atoms with E-state index in [1.165, 1.54) is 7.11 Å². The summed E-state index contributed by atoms with van der Waals surface area (Å²) in [4.78, 5) is 39.2. The minimum atomic E-state index is -0.607. The quantitative estimate of drug-likeness (QED) is 0.443. The fraction of sp³-hybridized carbons (Fsp3) is 0.423. The van der Waals surface area contributed by atoms with Gasteiger partial charge < -0.3 is 20.1 Å². The Balaban J connectivity index is 2.07. The number of hydrogen-bond donors (Lipinski definition) is 3. The van der Waals surface area contributed by atoms with Crippen molar-refractivity contribution < 1.29 is 23.9 Å². The number of anilines is 2. The molecule has 1 aromatic carbocycles. The molecule has 3 N–H and O–H groups in total. The monoisotopic (exact) mass is 499 g/mol. The highest BCUT2D eigenvalue weighted by molar-refractivity contribution is 7.13. The van der Waals surface area contributed by atoms with E-state index in [0.29, 0.717) is 24.2 Å². The molecule has 0 fully saturated rings. The number of rotatable bonds is 3. The molecule has 3 amide bonds. The minimum absolute atomic E-state index is 0.116. The Morgan fingerprint density at radius 3 is 2.57 bits per heavy atom. The van der Waals surface area contributed by atoms with Crippen LogP contribution in [0.25, 0.3) is 17.2 Å². The first kappa shape index (κ1) is 26.3. The Bertz CT molecular complexity index is 1120. The zero-order chi connectivity index (χ0) is 25.8. The molecular formula is C26H33N3O5S. The topological polar surface area (TPSA) is 106 Å². The number of hydrogen-bond acceptors (Lipinski definition) is 6. The first-order valence-electron chi connectivity index (χ1n) is 11.6. The van der Waals surface area contributed by atoms with Crippen molar-refractivity contribution in [1.82, 2.24) is 5.32 Å². The highest BCUT2D eigenvalue weighted by atomic mass is 32.1. The summed E-state index contributed by atoms with van der Waals surface area (Å²) in [7, 11) is 1.29. The maximum absolute atomic E-state index is 13.0. The number of amides is 3. The fourth-order valence-corrected chi connectivity index (χ4v) is 4.95. The molecule has 0 saturated heterocycles. The zero-order valence-corrected chi connectivity index (χ0v) is 21.6. The molecule has 9 heteroatoms. The predicted octanol–water partition coefficient (Wildman–Crippen LogP) is 6.56. The largest absolute Gasteiger partial charge is 0.453 e. The molecule has 0 saturated carbocycles. The summed E-state index contributed by atoms with van der Waals surface area (Å²) in [6.07, 6.45) is 2.75. The van der Waals surface area contributed by atoms with E-state index in [9.17, 15) is 14.4 Å². The maximum Gasteiger partial charge on any atom is 0.411 e. The third-order valence-electron chi connectivity index (χ3n) is 5.58. The van der Waals surface area contributed by atoms with E-state index in [2.05, 4.69) is 27.3 Å². The maximum atomic E-state index is 13.0. The second kappa shape index (κ2) is 10.9. The summed E-state index contributed by atoms with van der Waals surface area (Å²) in [6.45, 7) is 11.3. The first-order chi connectivity index (χ1) is 16.5. The second-order valence-corrected chi connectivity index (χ2v) is 10.6. The molecule has 1 aliphatic rings. The van der Waals surface area contributed by atoms with E-state index in [1.54, 1.807) is 29.5 Å². The molecule has 1 aromatic heterocycles. The van der Waals surface area contributed by atoms with E-state index in [4.69, 9.17) is 4.74 Å². The van der Waals surface area contributed by atoms with E-state index >= 15 is 0 Å². The van der Waals surface area contributed by atoms with Crippen LogP contribution in [0.5, 0.6) is 0 Å². The van der Waals surface area contributed by atoms with Crippen LogP contribution in [-0.2, 0) is 14.3 Å². The van der Waals surface area contributed by atoms with Crippen LogP contribution in [0.4, 0.5) is 21.0 Å². The van der Waals surface area contributed by atoms with E-state index < -0.39 is 17.8 Å². The normalized spacial score (nSPS) is 18.1. The molecule has 0 unspecified atom stereocenters.